The standard InChI is InChI=1S/C31H27NO4/c1-31(2,3)20-8-5-18(6-9-20)19-7-13-25-24(17-19)21-10-11-22-27-23(12-14-26(36-25)28(21)27)30(35)32(29(22)34)15-4-16-33/h5-14,17,33H,4,15-16H2,1-3H3. The molecule has 36 heavy (non-hydrogen) atoms. The van der Waals surface area contributed by atoms with Gasteiger partial charge in [0, 0.05) is 40.1 Å². The number of hydrogen-bond acceptors (Lipinski definition) is 4. The second kappa shape index (κ2) is 8.04. The summed E-state index contributed by atoms with van der Waals surface area (Å²) in [5.74, 6) is 0. The average Bonchev–Trinajstić information content (AvgIpc) is 2.87. The lowest BCUT2D eigenvalue weighted by atomic mass is 9.86. The van der Waals surface area contributed by atoms with Gasteiger partial charge in [-0.3, -0.25) is 14.2 Å². The smallest absolute Gasteiger partial charge is 0.261 e. The van der Waals surface area contributed by atoms with E-state index in [2.05, 4.69) is 57.2 Å². The second-order valence-corrected chi connectivity index (χ2v) is 10.5. The van der Waals surface area contributed by atoms with Crippen molar-refractivity contribution in [2.75, 3.05) is 6.61 Å². The van der Waals surface area contributed by atoms with Crippen LogP contribution in [0.3, 0.4) is 0 Å². The van der Waals surface area contributed by atoms with Crippen molar-refractivity contribution in [2.24, 2.45) is 0 Å². The first-order valence-corrected chi connectivity index (χ1v) is 12.3. The molecule has 0 spiro atoms. The van der Waals surface area contributed by atoms with Gasteiger partial charge in [0.1, 0.15) is 11.2 Å². The molecule has 2 aromatic heterocycles. The quantitative estimate of drug-likeness (QED) is 0.242. The summed E-state index contributed by atoms with van der Waals surface area (Å²) in [5.41, 5.74) is 4.29. The first-order chi connectivity index (χ1) is 17.3. The van der Waals surface area contributed by atoms with Crippen LogP contribution in [0.25, 0.3) is 54.6 Å². The van der Waals surface area contributed by atoms with Crippen LogP contribution in [0, 0.1) is 0 Å². The zero-order valence-corrected chi connectivity index (χ0v) is 20.6. The Bertz CT molecular complexity index is 1850. The van der Waals surface area contributed by atoms with Crippen molar-refractivity contribution in [3.8, 4) is 11.1 Å². The summed E-state index contributed by atoms with van der Waals surface area (Å²) in [6, 6.07) is 22.1. The molecule has 0 fully saturated rings. The molecule has 6 rings (SSSR count). The summed E-state index contributed by atoms with van der Waals surface area (Å²) in [7, 11) is 0. The van der Waals surface area contributed by atoms with Gasteiger partial charge in [0.15, 0.2) is 0 Å². The molecule has 0 radical (unpaired) electrons. The molecule has 6 aromatic rings. The lowest BCUT2D eigenvalue weighted by molar-refractivity contribution is 0.278. The van der Waals surface area contributed by atoms with E-state index in [0.29, 0.717) is 28.2 Å². The molecule has 0 aliphatic rings. The van der Waals surface area contributed by atoms with Crippen molar-refractivity contribution in [2.45, 2.75) is 39.2 Å². The zero-order chi connectivity index (χ0) is 25.2. The van der Waals surface area contributed by atoms with E-state index in [9.17, 15) is 14.7 Å². The van der Waals surface area contributed by atoms with Crippen LogP contribution >= 0.6 is 0 Å². The first-order valence-electron chi connectivity index (χ1n) is 12.3. The number of rotatable bonds is 4. The summed E-state index contributed by atoms with van der Waals surface area (Å²) in [5, 5.41) is 13.5. The van der Waals surface area contributed by atoms with E-state index in [1.807, 2.05) is 24.3 Å². The molecule has 0 saturated heterocycles. The van der Waals surface area contributed by atoms with Crippen LogP contribution in [0.15, 0.2) is 80.7 Å². The second-order valence-electron chi connectivity index (χ2n) is 10.5. The largest absolute Gasteiger partial charge is 0.456 e. The Labute approximate surface area is 207 Å². The van der Waals surface area contributed by atoms with Crippen LogP contribution in [0.1, 0.15) is 32.8 Å². The maximum absolute atomic E-state index is 13.2. The first kappa shape index (κ1) is 22.5. The highest BCUT2D eigenvalue weighted by atomic mass is 16.3. The highest BCUT2D eigenvalue weighted by Gasteiger charge is 2.19. The van der Waals surface area contributed by atoms with Gasteiger partial charge in [-0.2, -0.15) is 0 Å². The number of fused-ring (bicyclic) bond motifs is 2. The Morgan fingerprint density at radius 3 is 2.00 bits per heavy atom. The van der Waals surface area contributed by atoms with Crippen molar-refractivity contribution in [1.82, 2.24) is 4.57 Å². The molecule has 0 atom stereocenters. The van der Waals surface area contributed by atoms with E-state index >= 15 is 0 Å². The van der Waals surface area contributed by atoms with Crippen molar-refractivity contribution in [3.63, 3.8) is 0 Å². The fourth-order valence-corrected chi connectivity index (χ4v) is 5.24. The van der Waals surface area contributed by atoms with E-state index < -0.39 is 0 Å². The Morgan fingerprint density at radius 2 is 1.33 bits per heavy atom. The van der Waals surface area contributed by atoms with E-state index in [1.54, 1.807) is 6.07 Å². The molecule has 0 saturated carbocycles. The van der Waals surface area contributed by atoms with Gasteiger partial charge < -0.3 is 9.52 Å². The van der Waals surface area contributed by atoms with Gasteiger partial charge >= 0.3 is 0 Å². The normalized spacial score (nSPS) is 12.4. The minimum Gasteiger partial charge on any atom is -0.456 e. The van der Waals surface area contributed by atoms with Gasteiger partial charge in [0.05, 0.1) is 0 Å². The van der Waals surface area contributed by atoms with Gasteiger partial charge in [-0.05, 0) is 64.2 Å². The monoisotopic (exact) mass is 477 g/mol. The van der Waals surface area contributed by atoms with Gasteiger partial charge in [0.25, 0.3) is 11.1 Å². The fourth-order valence-electron chi connectivity index (χ4n) is 5.24. The molecule has 0 bridgehead atoms. The number of aliphatic hydroxyl groups is 1. The Morgan fingerprint density at radius 1 is 0.722 bits per heavy atom. The molecule has 0 amide bonds. The van der Waals surface area contributed by atoms with E-state index in [1.165, 1.54) is 10.1 Å². The van der Waals surface area contributed by atoms with Crippen LogP contribution in [0.2, 0.25) is 0 Å². The topological polar surface area (TPSA) is 72.4 Å². The van der Waals surface area contributed by atoms with E-state index in [4.69, 9.17) is 4.42 Å². The molecule has 4 aromatic carbocycles. The molecular formula is C31H27NO4. The third kappa shape index (κ3) is 3.34. The molecule has 0 aliphatic carbocycles. The average molecular weight is 478 g/mol. The minimum atomic E-state index is -0.330. The number of benzene rings is 4. The van der Waals surface area contributed by atoms with Crippen molar-refractivity contribution in [1.29, 1.82) is 0 Å². The molecule has 5 heteroatoms. The maximum atomic E-state index is 13.2. The molecular weight excluding hydrogens is 450 g/mol. The third-order valence-corrected chi connectivity index (χ3v) is 7.19. The number of hydrogen-bond donors (Lipinski definition) is 1. The van der Waals surface area contributed by atoms with Gasteiger partial charge in [0.2, 0.25) is 0 Å². The fraction of sp³-hybridized carbons (Fsp3) is 0.226. The van der Waals surface area contributed by atoms with Crippen LogP contribution in [-0.2, 0) is 12.0 Å². The van der Waals surface area contributed by atoms with Crippen molar-refractivity contribution >= 4 is 43.5 Å². The summed E-state index contributed by atoms with van der Waals surface area (Å²) >= 11 is 0. The molecule has 2 heterocycles. The maximum Gasteiger partial charge on any atom is 0.261 e. The van der Waals surface area contributed by atoms with Gasteiger partial charge in [-0.1, -0.05) is 57.2 Å². The van der Waals surface area contributed by atoms with Crippen LogP contribution < -0.4 is 11.1 Å². The highest BCUT2D eigenvalue weighted by Crippen LogP contribution is 2.38. The summed E-state index contributed by atoms with van der Waals surface area (Å²) in [6.07, 6.45) is 0.349. The van der Waals surface area contributed by atoms with E-state index in [-0.39, 0.29) is 29.7 Å². The number of nitrogens with zero attached hydrogens (tertiary/aromatic N) is 1. The number of aromatic nitrogens is 1. The minimum absolute atomic E-state index is 0.0803. The summed E-state index contributed by atoms with van der Waals surface area (Å²) in [4.78, 5) is 26.4. The third-order valence-electron chi connectivity index (χ3n) is 7.19. The SMILES string of the molecule is CC(C)(C)c1ccc(-c2ccc3oc4ccc5c(=O)n(CCCO)c(=O)c6ccc(c3c2)c4c56)cc1. The molecule has 0 unspecified atom stereocenters. The van der Waals surface area contributed by atoms with Crippen molar-refractivity contribution in [3.05, 3.63) is 93.0 Å². The van der Waals surface area contributed by atoms with Crippen LogP contribution in [0.5, 0.6) is 0 Å². The molecule has 0 aliphatic heterocycles. The predicted molar refractivity (Wildman–Crippen MR) is 146 cm³/mol. The lowest BCUT2D eigenvalue weighted by Gasteiger charge is -2.19. The predicted octanol–water partition coefficient (Wildman–Crippen LogP) is 6.20. The highest BCUT2D eigenvalue weighted by molar-refractivity contribution is 6.26. The zero-order valence-electron chi connectivity index (χ0n) is 20.6. The number of pyridine rings is 1. The van der Waals surface area contributed by atoms with Gasteiger partial charge in [-0.15, -0.1) is 0 Å². The molecule has 180 valence electrons. The van der Waals surface area contributed by atoms with Crippen LogP contribution in [-0.4, -0.2) is 16.3 Å². The summed E-state index contributed by atoms with van der Waals surface area (Å²) < 4.78 is 7.50. The number of aliphatic hydroxyl groups excluding tert-OH is 1. The molecule has 1 N–H and O–H groups in total. The van der Waals surface area contributed by atoms with Crippen molar-refractivity contribution < 1.29 is 9.52 Å². The Hall–Kier alpha value is -3.96. The van der Waals surface area contributed by atoms with E-state index in [0.717, 1.165) is 32.9 Å². The Balaban J connectivity index is 1.62. The Kier molecular flexibility index (Phi) is 5.02. The summed E-state index contributed by atoms with van der Waals surface area (Å²) in [6.45, 7) is 6.72. The van der Waals surface area contributed by atoms with Crippen LogP contribution in [0.4, 0.5) is 0 Å². The lowest BCUT2D eigenvalue weighted by Crippen LogP contribution is -2.33. The van der Waals surface area contributed by atoms with Gasteiger partial charge in [-0.25, -0.2) is 0 Å². The molecule has 5 nitrogen and oxygen atoms in total.